The number of carbonyl (C=O) groups is 1. The highest BCUT2D eigenvalue weighted by molar-refractivity contribution is 5.77. The fraction of sp³-hybridized carbons (Fsp3) is 0.364. The highest BCUT2D eigenvalue weighted by Gasteiger charge is 2.08. The van der Waals surface area contributed by atoms with E-state index in [2.05, 4.69) is 10.1 Å². The lowest BCUT2D eigenvalue weighted by molar-refractivity contribution is 0.112. The Morgan fingerprint density at radius 2 is 2.20 bits per heavy atom. The van der Waals surface area contributed by atoms with Gasteiger partial charge in [0.15, 0.2) is 17.8 Å². The molecule has 0 spiro atoms. The average molecular weight is 203 g/mol. The van der Waals surface area contributed by atoms with Crippen LogP contribution >= 0.6 is 0 Å². The predicted molar refractivity (Wildman–Crippen MR) is 57.2 cm³/mol. The van der Waals surface area contributed by atoms with Crippen LogP contribution in [0.1, 0.15) is 41.5 Å². The third kappa shape index (κ3) is 1.63. The summed E-state index contributed by atoms with van der Waals surface area (Å²) in [6, 6.07) is 1.88. The summed E-state index contributed by atoms with van der Waals surface area (Å²) in [5.41, 5.74) is 2.38. The molecule has 2 aromatic rings. The highest BCUT2D eigenvalue weighted by Crippen LogP contribution is 2.13. The number of fused-ring (bicyclic) bond motifs is 1. The van der Waals surface area contributed by atoms with E-state index in [0.717, 1.165) is 23.3 Å². The number of aryl methyl sites for hydroxylation is 1. The van der Waals surface area contributed by atoms with Crippen molar-refractivity contribution in [2.75, 3.05) is 0 Å². The SMILES string of the molecule is Cc1cc2nc(C(C)C)nn2cc1C=O. The van der Waals surface area contributed by atoms with Crippen LogP contribution in [0.3, 0.4) is 0 Å². The van der Waals surface area contributed by atoms with Gasteiger partial charge in [0.25, 0.3) is 0 Å². The molecule has 0 bridgehead atoms. The Kier molecular flexibility index (Phi) is 2.26. The molecule has 0 amide bonds. The maximum Gasteiger partial charge on any atom is 0.155 e. The summed E-state index contributed by atoms with van der Waals surface area (Å²) in [6.45, 7) is 5.98. The van der Waals surface area contributed by atoms with Gasteiger partial charge in [0, 0.05) is 17.7 Å². The fourth-order valence-corrected chi connectivity index (χ4v) is 1.42. The third-order valence-corrected chi connectivity index (χ3v) is 2.38. The Morgan fingerprint density at radius 1 is 1.47 bits per heavy atom. The molecular formula is C11H13N3O. The second-order valence-electron chi connectivity index (χ2n) is 3.96. The van der Waals surface area contributed by atoms with Gasteiger partial charge in [-0.05, 0) is 18.6 Å². The zero-order valence-corrected chi connectivity index (χ0v) is 9.06. The number of rotatable bonds is 2. The molecule has 0 saturated heterocycles. The molecule has 0 aliphatic rings. The smallest absolute Gasteiger partial charge is 0.155 e. The molecule has 15 heavy (non-hydrogen) atoms. The summed E-state index contributed by atoms with van der Waals surface area (Å²) in [6.07, 6.45) is 2.56. The van der Waals surface area contributed by atoms with Crippen LogP contribution in [-0.2, 0) is 0 Å². The largest absolute Gasteiger partial charge is 0.298 e. The van der Waals surface area contributed by atoms with Gasteiger partial charge in [0.2, 0.25) is 0 Å². The van der Waals surface area contributed by atoms with Crippen LogP contribution in [0.4, 0.5) is 0 Å². The Hall–Kier alpha value is -1.71. The number of nitrogens with zero attached hydrogens (tertiary/aromatic N) is 3. The Balaban J connectivity index is 2.66. The van der Waals surface area contributed by atoms with Gasteiger partial charge < -0.3 is 0 Å². The molecular weight excluding hydrogens is 190 g/mol. The number of pyridine rings is 1. The molecule has 0 unspecified atom stereocenters. The fourth-order valence-electron chi connectivity index (χ4n) is 1.42. The van der Waals surface area contributed by atoms with Crippen molar-refractivity contribution in [1.82, 2.24) is 14.6 Å². The molecule has 0 fully saturated rings. The quantitative estimate of drug-likeness (QED) is 0.701. The van der Waals surface area contributed by atoms with E-state index < -0.39 is 0 Å². The van der Waals surface area contributed by atoms with Gasteiger partial charge in [-0.25, -0.2) is 9.50 Å². The van der Waals surface area contributed by atoms with E-state index in [1.54, 1.807) is 10.7 Å². The molecule has 2 heterocycles. The second-order valence-corrected chi connectivity index (χ2v) is 3.96. The Bertz CT molecular complexity index is 514. The summed E-state index contributed by atoms with van der Waals surface area (Å²) in [4.78, 5) is 15.1. The lowest BCUT2D eigenvalue weighted by Crippen LogP contribution is -1.95. The van der Waals surface area contributed by atoms with E-state index in [-0.39, 0.29) is 0 Å². The van der Waals surface area contributed by atoms with Crippen LogP contribution < -0.4 is 0 Å². The Labute approximate surface area is 87.9 Å². The van der Waals surface area contributed by atoms with Crippen molar-refractivity contribution in [2.45, 2.75) is 26.7 Å². The van der Waals surface area contributed by atoms with Crippen molar-refractivity contribution < 1.29 is 4.79 Å². The van der Waals surface area contributed by atoms with Crippen molar-refractivity contribution in [3.8, 4) is 0 Å². The summed E-state index contributed by atoms with van der Waals surface area (Å²) < 4.78 is 1.66. The molecule has 2 rings (SSSR count). The van der Waals surface area contributed by atoms with Gasteiger partial charge in [-0.2, -0.15) is 5.10 Å². The topological polar surface area (TPSA) is 47.3 Å². The zero-order chi connectivity index (χ0) is 11.0. The van der Waals surface area contributed by atoms with Crippen molar-refractivity contribution in [2.24, 2.45) is 0 Å². The summed E-state index contributed by atoms with van der Waals surface area (Å²) in [5, 5.41) is 4.31. The van der Waals surface area contributed by atoms with Crippen molar-refractivity contribution in [3.05, 3.63) is 29.2 Å². The highest BCUT2D eigenvalue weighted by atomic mass is 16.1. The Morgan fingerprint density at radius 3 is 2.80 bits per heavy atom. The van der Waals surface area contributed by atoms with Gasteiger partial charge in [-0.15, -0.1) is 0 Å². The molecule has 0 atom stereocenters. The van der Waals surface area contributed by atoms with E-state index in [9.17, 15) is 4.79 Å². The van der Waals surface area contributed by atoms with Crippen molar-refractivity contribution in [1.29, 1.82) is 0 Å². The van der Waals surface area contributed by atoms with Crippen LogP contribution in [0, 0.1) is 6.92 Å². The number of carbonyl (C=O) groups excluding carboxylic acids is 1. The van der Waals surface area contributed by atoms with Crippen molar-refractivity contribution >= 4 is 11.9 Å². The first-order chi connectivity index (χ1) is 7.11. The van der Waals surface area contributed by atoms with Gasteiger partial charge in [-0.3, -0.25) is 4.79 Å². The first kappa shape index (κ1) is 9.83. The molecule has 4 heteroatoms. The lowest BCUT2D eigenvalue weighted by atomic mass is 10.2. The third-order valence-electron chi connectivity index (χ3n) is 2.38. The minimum Gasteiger partial charge on any atom is -0.298 e. The summed E-state index contributed by atoms with van der Waals surface area (Å²) in [7, 11) is 0. The molecule has 4 nitrogen and oxygen atoms in total. The zero-order valence-electron chi connectivity index (χ0n) is 9.06. The molecule has 0 radical (unpaired) electrons. The van der Waals surface area contributed by atoms with Gasteiger partial charge in [-0.1, -0.05) is 13.8 Å². The van der Waals surface area contributed by atoms with E-state index in [4.69, 9.17) is 0 Å². The van der Waals surface area contributed by atoms with E-state index in [0.29, 0.717) is 11.5 Å². The van der Waals surface area contributed by atoms with Crippen molar-refractivity contribution in [3.63, 3.8) is 0 Å². The minimum absolute atomic E-state index is 0.296. The number of aromatic nitrogens is 3. The lowest BCUT2D eigenvalue weighted by Gasteiger charge is -1.97. The van der Waals surface area contributed by atoms with E-state index >= 15 is 0 Å². The number of hydrogen-bond acceptors (Lipinski definition) is 3. The maximum atomic E-state index is 10.8. The molecule has 0 aliphatic carbocycles. The molecule has 78 valence electrons. The van der Waals surface area contributed by atoms with E-state index in [1.807, 2.05) is 26.8 Å². The van der Waals surface area contributed by atoms with Crippen LogP contribution in [-0.4, -0.2) is 20.9 Å². The van der Waals surface area contributed by atoms with Gasteiger partial charge in [0.1, 0.15) is 0 Å². The molecule has 2 aromatic heterocycles. The van der Waals surface area contributed by atoms with Crippen LogP contribution in [0.15, 0.2) is 12.3 Å². The van der Waals surface area contributed by atoms with Crippen LogP contribution in [0.2, 0.25) is 0 Å². The molecule has 0 N–H and O–H groups in total. The molecule has 0 aromatic carbocycles. The monoisotopic (exact) mass is 203 g/mol. The predicted octanol–water partition coefficient (Wildman–Crippen LogP) is 1.97. The van der Waals surface area contributed by atoms with E-state index in [1.165, 1.54) is 0 Å². The van der Waals surface area contributed by atoms with Gasteiger partial charge >= 0.3 is 0 Å². The van der Waals surface area contributed by atoms with Crippen LogP contribution in [0.5, 0.6) is 0 Å². The maximum absolute atomic E-state index is 10.8. The number of aldehydes is 1. The number of hydrogen-bond donors (Lipinski definition) is 0. The van der Waals surface area contributed by atoms with Gasteiger partial charge in [0.05, 0.1) is 0 Å². The second kappa shape index (κ2) is 3.46. The van der Waals surface area contributed by atoms with Crippen LogP contribution in [0.25, 0.3) is 5.65 Å². The summed E-state index contributed by atoms with van der Waals surface area (Å²) in [5.74, 6) is 1.10. The first-order valence-corrected chi connectivity index (χ1v) is 4.94. The normalized spacial score (nSPS) is 11.2. The standard InChI is InChI=1S/C11H13N3O/c1-7(2)11-12-10-4-8(3)9(6-15)5-14(10)13-11/h4-7H,1-3H3. The summed E-state index contributed by atoms with van der Waals surface area (Å²) >= 11 is 0. The minimum atomic E-state index is 0.296. The molecule has 0 saturated carbocycles. The average Bonchev–Trinajstić information content (AvgIpc) is 2.59. The molecule has 0 aliphatic heterocycles. The first-order valence-electron chi connectivity index (χ1n) is 4.94.